The maximum atomic E-state index is 12.7. The minimum atomic E-state index is 0.228. The molecule has 1 aromatic carbocycles. The molecule has 0 N–H and O–H groups in total. The van der Waals surface area contributed by atoms with Crippen LogP contribution in [0.25, 0.3) is 5.69 Å². The van der Waals surface area contributed by atoms with Gasteiger partial charge in [0.15, 0.2) is 5.16 Å². The monoisotopic (exact) mass is 398 g/mol. The lowest BCUT2D eigenvalue weighted by Crippen LogP contribution is -2.51. The molecule has 2 heterocycles. The number of aryl methyl sites for hydroxylation is 2. The Morgan fingerprint density at radius 2 is 1.89 bits per heavy atom. The van der Waals surface area contributed by atoms with E-state index in [1.54, 1.807) is 0 Å². The predicted octanol–water partition coefficient (Wildman–Crippen LogP) is 3.67. The van der Waals surface area contributed by atoms with Crippen molar-refractivity contribution in [1.82, 2.24) is 19.4 Å². The summed E-state index contributed by atoms with van der Waals surface area (Å²) in [4.78, 5) is 21.9. The molecule has 1 aromatic heterocycles. The molecule has 0 unspecified atom stereocenters. The van der Waals surface area contributed by atoms with E-state index in [-0.39, 0.29) is 5.91 Å². The minimum absolute atomic E-state index is 0.228. The van der Waals surface area contributed by atoms with E-state index < -0.39 is 0 Å². The molecule has 1 saturated heterocycles. The molecule has 0 spiro atoms. The number of carbonyl (C=O) groups is 1. The third-order valence-corrected chi connectivity index (χ3v) is 7.02. The number of imidazole rings is 1. The SMILES string of the molecule is Cc1ccc(C)c(-n2ccnc2SCC(=O)N2CCN(C3CCCC3)CC2)c1. The molecule has 0 bridgehead atoms. The highest BCUT2D eigenvalue weighted by atomic mass is 32.2. The quantitative estimate of drug-likeness (QED) is 0.721. The van der Waals surface area contributed by atoms with Crippen molar-refractivity contribution >= 4 is 17.7 Å². The van der Waals surface area contributed by atoms with Crippen molar-refractivity contribution in [3.05, 3.63) is 41.7 Å². The zero-order valence-corrected chi connectivity index (χ0v) is 17.7. The number of rotatable bonds is 5. The first-order valence-corrected chi connectivity index (χ1v) is 11.4. The Balaban J connectivity index is 1.33. The van der Waals surface area contributed by atoms with Gasteiger partial charge in [0.2, 0.25) is 5.91 Å². The average Bonchev–Trinajstić information content (AvgIpc) is 3.40. The molecule has 0 radical (unpaired) electrons. The summed E-state index contributed by atoms with van der Waals surface area (Å²) < 4.78 is 2.10. The second-order valence-corrected chi connectivity index (χ2v) is 8.96. The van der Waals surface area contributed by atoms with E-state index in [1.807, 2.05) is 17.3 Å². The number of amides is 1. The van der Waals surface area contributed by atoms with Crippen LogP contribution in [0.1, 0.15) is 36.8 Å². The first-order valence-electron chi connectivity index (χ1n) is 10.4. The maximum absolute atomic E-state index is 12.7. The van der Waals surface area contributed by atoms with Crippen molar-refractivity contribution in [1.29, 1.82) is 0 Å². The second-order valence-electron chi connectivity index (χ2n) is 8.01. The highest BCUT2D eigenvalue weighted by Gasteiger charge is 2.27. The van der Waals surface area contributed by atoms with Gasteiger partial charge in [0.05, 0.1) is 11.4 Å². The number of hydrogen-bond donors (Lipinski definition) is 0. The summed E-state index contributed by atoms with van der Waals surface area (Å²) >= 11 is 1.54. The molecule has 150 valence electrons. The summed E-state index contributed by atoms with van der Waals surface area (Å²) in [6.45, 7) is 7.98. The van der Waals surface area contributed by atoms with Crippen LogP contribution in [0.4, 0.5) is 0 Å². The summed E-state index contributed by atoms with van der Waals surface area (Å²) in [5, 5.41) is 0.881. The van der Waals surface area contributed by atoms with Gasteiger partial charge in [0.1, 0.15) is 0 Å². The van der Waals surface area contributed by atoms with Gasteiger partial charge in [-0.15, -0.1) is 0 Å². The second kappa shape index (κ2) is 8.70. The fourth-order valence-corrected chi connectivity index (χ4v) is 5.25. The van der Waals surface area contributed by atoms with Gasteiger partial charge < -0.3 is 4.90 Å². The number of carbonyl (C=O) groups excluding carboxylic acids is 1. The van der Waals surface area contributed by atoms with Crippen LogP contribution in [0.5, 0.6) is 0 Å². The highest BCUT2D eigenvalue weighted by molar-refractivity contribution is 7.99. The van der Waals surface area contributed by atoms with Crippen LogP contribution in [-0.4, -0.2) is 63.2 Å². The fourth-order valence-electron chi connectivity index (χ4n) is 4.38. The number of aromatic nitrogens is 2. The third-order valence-electron chi connectivity index (χ3n) is 6.06. The highest BCUT2D eigenvalue weighted by Crippen LogP contribution is 2.26. The van der Waals surface area contributed by atoms with E-state index >= 15 is 0 Å². The molecule has 5 nitrogen and oxygen atoms in total. The van der Waals surface area contributed by atoms with Gasteiger partial charge >= 0.3 is 0 Å². The Kier molecular flexibility index (Phi) is 6.07. The van der Waals surface area contributed by atoms with Crippen LogP contribution in [0.15, 0.2) is 35.7 Å². The molecule has 2 aromatic rings. The van der Waals surface area contributed by atoms with E-state index in [0.717, 1.165) is 43.1 Å². The molecule has 1 aliphatic carbocycles. The fraction of sp³-hybridized carbons (Fsp3) is 0.545. The van der Waals surface area contributed by atoms with Gasteiger partial charge in [-0.05, 0) is 43.9 Å². The van der Waals surface area contributed by atoms with Crippen LogP contribution in [0.3, 0.4) is 0 Å². The molecule has 2 fully saturated rings. The van der Waals surface area contributed by atoms with Crippen molar-refractivity contribution < 1.29 is 4.79 Å². The van der Waals surface area contributed by atoms with Crippen molar-refractivity contribution in [2.24, 2.45) is 0 Å². The van der Waals surface area contributed by atoms with Crippen LogP contribution in [-0.2, 0) is 4.79 Å². The third kappa shape index (κ3) is 4.28. The summed E-state index contributed by atoms with van der Waals surface area (Å²) in [6, 6.07) is 7.19. The van der Waals surface area contributed by atoms with Crippen LogP contribution in [0.2, 0.25) is 0 Å². The Labute approximate surface area is 172 Å². The Hall–Kier alpha value is -1.79. The summed E-state index contributed by atoms with van der Waals surface area (Å²) in [5.41, 5.74) is 3.57. The van der Waals surface area contributed by atoms with Gasteiger partial charge in [0.25, 0.3) is 0 Å². The van der Waals surface area contributed by atoms with Gasteiger partial charge in [-0.3, -0.25) is 14.3 Å². The molecule has 2 aliphatic rings. The normalized spacial score (nSPS) is 18.7. The smallest absolute Gasteiger partial charge is 0.233 e. The number of hydrogen-bond acceptors (Lipinski definition) is 4. The molecule has 6 heteroatoms. The van der Waals surface area contributed by atoms with E-state index in [0.29, 0.717) is 5.75 Å². The van der Waals surface area contributed by atoms with Crippen molar-refractivity contribution in [2.45, 2.75) is 50.7 Å². The Morgan fingerprint density at radius 1 is 1.14 bits per heavy atom. The van der Waals surface area contributed by atoms with Crippen LogP contribution >= 0.6 is 11.8 Å². The van der Waals surface area contributed by atoms with E-state index in [9.17, 15) is 4.79 Å². The lowest BCUT2D eigenvalue weighted by molar-refractivity contribution is -0.130. The number of benzene rings is 1. The van der Waals surface area contributed by atoms with Crippen LogP contribution in [0, 0.1) is 13.8 Å². The number of nitrogens with zero attached hydrogens (tertiary/aromatic N) is 4. The molecule has 1 saturated carbocycles. The average molecular weight is 399 g/mol. The van der Waals surface area contributed by atoms with E-state index in [2.05, 4.69) is 46.5 Å². The topological polar surface area (TPSA) is 41.4 Å². The summed E-state index contributed by atoms with van der Waals surface area (Å²) in [5.74, 6) is 0.678. The largest absolute Gasteiger partial charge is 0.339 e. The van der Waals surface area contributed by atoms with Crippen molar-refractivity contribution in [2.75, 3.05) is 31.9 Å². The van der Waals surface area contributed by atoms with E-state index in [4.69, 9.17) is 0 Å². The molecule has 4 rings (SSSR count). The zero-order valence-electron chi connectivity index (χ0n) is 16.9. The Bertz CT molecular complexity index is 820. The van der Waals surface area contributed by atoms with Crippen molar-refractivity contribution in [3.8, 4) is 5.69 Å². The van der Waals surface area contributed by atoms with Gasteiger partial charge in [-0.1, -0.05) is 36.7 Å². The first kappa shape index (κ1) is 19.5. The van der Waals surface area contributed by atoms with Crippen LogP contribution < -0.4 is 0 Å². The predicted molar refractivity (Wildman–Crippen MR) is 114 cm³/mol. The Morgan fingerprint density at radius 3 is 2.64 bits per heavy atom. The zero-order chi connectivity index (χ0) is 19.5. The number of thioether (sulfide) groups is 1. The summed E-state index contributed by atoms with van der Waals surface area (Å²) in [7, 11) is 0. The molecule has 1 amide bonds. The van der Waals surface area contributed by atoms with Gasteiger partial charge in [0, 0.05) is 44.6 Å². The molecule has 0 atom stereocenters. The molecule has 28 heavy (non-hydrogen) atoms. The molecular weight excluding hydrogens is 368 g/mol. The lowest BCUT2D eigenvalue weighted by Gasteiger charge is -2.38. The van der Waals surface area contributed by atoms with Gasteiger partial charge in [-0.25, -0.2) is 4.98 Å². The standard InChI is InChI=1S/C22H30N4OS/c1-17-7-8-18(2)20(15-17)26-10-9-23-22(26)28-16-21(27)25-13-11-24(12-14-25)19-5-3-4-6-19/h7-10,15,19H,3-6,11-14,16H2,1-2H3. The van der Waals surface area contributed by atoms with Crippen molar-refractivity contribution in [3.63, 3.8) is 0 Å². The molecule has 1 aliphatic heterocycles. The van der Waals surface area contributed by atoms with E-state index in [1.165, 1.54) is 48.6 Å². The number of piperazine rings is 1. The lowest BCUT2D eigenvalue weighted by atomic mass is 10.1. The maximum Gasteiger partial charge on any atom is 0.233 e. The minimum Gasteiger partial charge on any atom is -0.339 e. The first-order chi connectivity index (χ1) is 13.6. The van der Waals surface area contributed by atoms with Gasteiger partial charge in [-0.2, -0.15) is 0 Å². The summed E-state index contributed by atoms with van der Waals surface area (Å²) in [6.07, 6.45) is 9.21. The molecular formula is C22H30N4OS.